The summed E-state index contributed by atoms with van der Waals surface area (Å²) in [6, 6.07) is 53.9. The molecule has 0 aliphatic rings. The highest BCUT2D eigenvalue weighted by Crippen LogP contribution is 2.40. The van der Waals surface area contributed by atoms with Crippen LogP contribution in [0.3, 0.4) is 0 Å². The molecule has 3 nitrogen and oxygen atoms in total. The molecule has 4 heteroatoms. The highest BCUT2D eigenvalue weighted by molar-refractivity contribution is 7.25. The molecular formula is C40H26N3S+. The van der Waals surface area contributed by atoms with Gasteiger partial charge < -0.3 is 4.57 Å². The van der Waals surface area contributed by atoms with Crippen LogP contribution in [0.4, 0.5) is 0 Å². The van der Waals surface area contributed by atoms with Crippen LogP contribution in [0, 0.1) is 0 Å². The highest BCUT2D eigenvalue weighted by atomic mass is 32.1. The molecule has 9 rings (SSSR count). The van der Waals surface area contributed by atoms with Gasteiger partial charge in [0, 0.05) is 53.8 Å². The van der Waals surface area contributed by atoms with Gasteiger partial charge in [-0.15, -0.1) is 11.3 Å². The van der Waals surface area contributed by atoms with E-state index >= 15 is 0 Å². The van der Waals surface area contributed by atoms with Gasteiger partial charge in [-0.1, -0.05) is 103 Å². The summed E-state index contributed by atoms with van der Waals surface area (Å²) in [7, 11) is 0. The minimum absolute atomic E-state index is 0.832. The molecule has 0 atom stereocenters. The van der Waals surface area contributed by atoms with E-state index in [0.29, 0.717) is 0 Å². The first kappa shape index (κ1) is 25.0. The quantitative estimate of drug-likeness (QED) is 0.204. The van der Waals surface area contributed by atoms with Crippen LogP contribution in [0.25, 0.3) is 81.6 Å². The minimum atomic E-state index is 0.832. The molecule has 9 aromatic rings. The van der Waals surface area contributed by atoms with Gasteiger partial charge >= 0.3 is 5.82 Å². The largest absolute Gasteiger partial charge is 0.329 e. The van der Waals surface area contributed by atoms with Gasteiger partial charge in [-0.2, -0.15) is 0 Å². The molecule has 0 radical (unpaired) electrons. The summed E-state index contributed by atoms with van der Waals surface area (Å²) in [6.45, 7) is 0. The van der Waals surface area contributed by atoms with E-state index in [1.807, 2.05) is 23.5 Å². The summed E-state index contributed by atoms with van der Waals surface area (Å²) < 4.78 is 5.04. The second kappa shape index (κ2) is 10.0. The number of hydrogen-bond acceptors (Lipinski definition) is 2. The Hall–Kier alpha value is -5.58. The summed E-state index contributed by atoms with van der Waals surface area (Å²) in [5.41, 5.74) is 8.72. The van der Waals surface area contributed by atoms with E-state index in [1.165, 1.54) is 42.0 Å². The molecule has 206 valence electrons. The van der Waals surface area contributed by atoms with Crippen LogP contribution >= 0.6 is 11.3 Å². The van der Waals surface area contributed by atoms with Crippen LogP contribution in [0.5, 0.6) is 0 Å². The number of thiophene rings is 1. The molecule has 0 bridgehead atoms. The van der Waals surface area contributed by atoms with Gasteiger partial charge in [0.1, 0.15) is 5.69 Å². The second-order valence-corrected chi connectivity index (χ2v) is 12.2. The number of nitrogens with one attached hydrogen (secondary N) is 1. The second-order valence-electron chi connectivity index (χ2n) is 11.1. The summed E-state index contributed by atoms with van der Waals surface area (Å²) in [5, 5.41) is 5.14. The van der Waals surface area contributed by atoms with Crippen LogP contribution in [0.15, 0.2) is 152 Å². The van der Waals surface area contributed by atoms with E-state index in [9.17, 15) is 0 Å². The third-order valence-corrected chi connectivity index (χ3v) is 9.60. The van der Waals surface area contributed by atoms with Crippen molar-refractivity contribution < 1.29 is 4.98 Å². The molecule has 0 unspecified atom stereocenters. The maximum Gasteiger partial charge on any atom is 0.329 e. The van der Waals surface area contributed by atoms with E-state index in [0.717, 1.165) is 39.6 Å². The fraction of sp³-hybridized carbons (Fsp3) is 0. The number of fused-ring (bicyclic) bond motifs is 6. The molecule has 3 aromatic heterocycles. The summed E-state index contributed by atoms with van der Waals surface area (Å²) in [6.07, 6.45) is 0. The molecular weight excluding hydrogens is 555 g/mol. The Bertz CT molecular complexity index is 2430. The van der Waals surface area contributed by atoms with Gasteiger partial charge in [-0.3, -0.25) is 0 Å². The maximum atomic E-state index is 5.15. The Morgan fingerprint density at radius 3 is 2.02 bits per heavy atom. The molecule has 0 aliphatic heterocycles. The van der Waals surface area contributed by atoms with Crippen molar-refractivity contribution in [3.8, 4) is 39.6 Å². The van der Waals surface area contributed by atoms with Crippen molar-refractivity contribution >= 4 is 53.3 Å². The van der Waals surface area contributed by atoms with Gasteiger partial charge in [0.05, 0.1) is 16.6 Å². The Balaban J connectivity index is 1.27. The predicted octanol–water partition coefficient (Wildman–Crippen LogP) is 10.4. The van der Waals surface area contributed by atoms with Crippen LogP contribution in [-0.2, 0) is 0 Å². The number of hydrogen-bond donors (Lipinski definition) is 0. The number of H-pyrrole nitrogens is 1. The number of benzene rings is 6. The molecule has 0 aliphatic carbocycles. The SMILES string of the molecule is c1ccc(-c2cc(-c3ccccc3)[nH+]c(-c3cccc(-n4c5ccccc5c5cc6sc7ccccc7c6cc54)c3)n2)cc1. The molecule has 0 saturated heterocycles. The molecule has 0 fully saturated rings. The topological polar surface area (TPSA) is 32.0 Å². The van der Waals surface area contributed by atoms with Crippen molar-refractivity contribution in [1.29, 1.82) is 0 Å². The molecule has 0 amide bonds. The Kier molecular flexibility index (Phi) is 5.68. The standard InChI is InChI=1S/C40H25N3S/c1-3-12-26(13-4-1)34-25-35(27-14-5-2-6-15-27)42-40(41-34)28-16-11-17-29(22-28)43-36-20-9-7-18-30(36)32-24-39-33(23-37(32)43)31-19-8-10-21-38(31)44-39/h1-25H/p+1. The van der Waals surface area contributed by atoms with Gasteiger partial charge in [-0.05, 0) is 47.4 Å². The van der Waals surface area contributed by atoms with Gasteiger partial charge in [0.25, 0.3) is 0 Å². The number of para-hydroxylation sites is 1. The first-order valence-electron chi connectivity index (χ1n) is 14.8. The first-order chi connectivity index (χ1) is 21.8. The van der Waals surface area contributed by atoms with Crippen molar-refractivity contribution in [1.82, 2.24) is 9.55 Å². The first-order valence-corrected chi connectivity index (χ1v) is 15.6. The van der Waals surface area contributed by atoms with Gasteiger partial charge in [0.15, 0.2) is 5.69 Å². The molecule has 0 spiro atoms. The average Bonchev–Trinajstić information content (AvgIpc) is 3.62. The highest BCUT2D eigenvalue weighted by Gasteiger charge is 2.20. The fourth-order valence-electron chi connectivity index (χ4n) is 6.41. The Morgan fingerprint density at radius 1 is 0.477 bits per heavy atom. The van der Waals surface area contributed by atoms with E-state index in [1.54, 1.807) is 0 Å². The molecule has 6 aromatic carbocycles. The zero-order chi connectivity index (χ0) is 29.0. The Morgan fingerprint density at radius 2 is 1.18 bits per heavy atom. The van der Waals surface area contributed by atoms with Gasteiger partial charge in [0.2, 0.25) is 0 Å². The zero-order valence-electron chi connectivity index (χ0n) is 23.7. The van der Waals surface area contributed by atoms with Crippen molar-refractivity contribution in [2.75, 3.05) is 0 Å². The lowest BCUT2D eigenvalue weighted by Gasteiger charge is -2.09. The lowest BCUT2D eigenvalue weighted by molar-refractivity contribution is -0.355. The number of aromatic amines is 1. The summed E-state index contributed by atoms with van der Waals surface area (Å²) in [4.78, 5) is 8.81. The molecule has 3 heterocycles. The Labute approximate surface area is 258 Å². The summed E-state index contributed by atoms with van der Waals surface area (Å²) in [5.74, 6) is 0.832. The van der Waals surface area contributed by atoms with Crippen LogP contribution in [0.2, 0.25) is 0 Å². The maximum absolute atomic E-state index is 5.15. The minimum Gasteiger partial charge on any atom is -0.309 e. The van der Waals surface area contributed by atoms with Crippen molar-refractivity contribution in [2.45, 2.75) is 0 Å². The van der Waals surface area contributed by atoms with Crippen LogP contribution in [0.1, 0.15) is 0 Å². The van der Waals surface area contributed by atoms with E-state index < -0.39 is 0 Å². The van der Waals surface area contributed by atoms with E-state index in [-0.39, 0.29) is 0 Å². The van der Waals surface area contributed by atoms with E-state index in [2.05, 4.69) is 149 Å². The number of aromatic nitrogens is 3. The van der Waals surface area contributed by atoms with Crippen molar-refractivity contribution in [3.63, 3.8) is 0 Å². The molecule has 1 N–H and O–H groups in total. The summed E-state index contributed by atoms with van der Waals surface area (Å²) >= 11 is 1.87. The number of rotatable bonds is 4. The number of nitrogens with zero attached hydrogens (tertiary/aromatic N) is 2. The van der Waals surface area contributed by atoms with Crippen LogP contribution in [-0.4, -0.2) is 9.55 Å². The lowest BCUT2D eigenvalue weighted by Crippen LogP contribution is -2.14. The smallest absolute Gasteiger partial charge is 0.309 e. The van der Waals surface area contributed by atoms with Gasteiger partial charge in [-0.25, -0.2) is 4.98 Å². The molecule has 44 heavy (non-hydrogen) atoms. The molecule has 0 saturated carbocycles. The zero-order valence-corrected chi connectivity index (χ0v) is 24.6. The van der Waals surface area contributed by atoms with Crippen molar-refractivity contribution in [3.05, 3.63) is 152 Å². The predicted molar refractivity (Wildman–Crippen MR) is 184 cm³/mol. The monoisotopic (exact) mass is 580 g/mol. The van der Waals surface area contributed by atoms with E-state index in [4.69, 9.17) is 4.98 Å². The normalized spacial score (nSPS) is 11.6. The van der Waals surface area contributed by atoms with Crippen LogP contribution < -0.4 is 4.98 Å². The fourth-order valence-corrected chi connectivity index (χ4v) is 7.53. The average molecular weight is 581 g/mol. The third-order valence-electron chi connectivity index (χ3n) is 8.47. The third kappa shape index (κ3) is 4.03. The van der Waals surface area contributed by atoms with Crippen molar-refractivity contribution in [2.24, 2.45) is 0 Å². The lowest BCUT2D eigenvalue weighted by atomic mass is 10.1.